The number of aryl methyl sites for hydroxylation is 1. The first-order valence-electron chi connectivity index (χ1n) is 7.04. The van der Waals surface area contributed by atoms with Crippen molar-refractivity contribution in [3.8, 4) is 22.7 Å². The van der Waals surface area contributed by atoms with E-state index in [2.05, 4.69) is 30.2 Å². The van der Waals surface area contributed by atoms with Crippen LogP contribution in [0, 0.1) is 13.8 Å². The molecule has 112 valence electrons. The summed E-state index contributed by atoms with van der Waals surface area (Å²) in [6.07, 6.45) is 0. The van der Waals surface area contributed by atoms with E-state index in [0.717, 1.165) is 22.6 Å². The number of nitrogens with two attached hydrogens (primary N) is 1. The highest BCUT2D eigenvalue weighted by Crippen LogP contribution is 2.29. The molecule has 0 fully saturated rings. The third-order valence-electron chi connectivity index (χ3n) is 3.85. The minimum absolute atomic E-state index is 0.516. The maximum Gasteiger partial charge on any atom is 0.155 e. The van der Waals surface area contributed by atoms with Gasteiger partial charge in [0.1, 0.15) is 11.4 Å². The van der Waals surface area contributed by atoms with Crippen LogP contribution in [0.5, 0.6) is 5.75 Å². The van der Waals surface area contributed by atoms with Gasteiger partial charge in [-0.25, -0.2) is 0 Å². The monoisotopic (exact) mass is 294 g/mol. The molecule has 0 aliphatic carbocycles. The highest BCUT2D eigenvalue weighted by molar-refractivity contribution is 5.72. The lowest BCUT2D eigenvalue weighted by Gasteiger charge is -2.09. The molecule has 0 radical (unpaired) electrons. The summed E-state index contributed by atoms with van der Waals surface area (Å²) >= 11 is 0. The van der Waals surface area contributed by atoms with E-state index in [0.29, 0.717) is 11.5 Å². The van der Waals surface area contributed by atoms with E-state index in [1.807, 2.05) is 36.4 Å². The van der Waals surface area contributed by atoms with E-state index in [1.165, 1.54) is 5.56 Å². The summed E-state index contributed by atoms with van der Waals surface area (Å²) in [4.78, 5) is 0. The third kappa shape index (κ3) is 2.30. The van der Waals surface area contributed by atoms with Crippen LogP contribution in [0.1, 0.15) is 11.1 Å². The van der Waals surface area contributed by atoms with Gasteiger partial charge in [0.05, 0.1) is 12.8 Å². The number of nitrogen functional groups attached to an aromatic ring is 1. The minimum Gasteiger partial charge on any atom is -0.497 e. The van der Waals surface area contributed by atoms with Gasteiger partial charge in [0.15, 0.2) is 5.82 Å². The smallest absolute Gasteiger partial charge is 0.155 e. The van der Waals surface area contributed by atoms with Gasteiger partial charge in [-0.3, -0.25) is 0 Å². The zero-order chi connectivity index (χ0) is 15.7. The summed E-state index contributed by atoms with van der Waals surface area (Å²) in [6, 6.07) is 13.7. The maximum atomic E-state index is 6.28. The van der Waals surface area contributed by atoms with E-state index >= 15 is 0 Å². The lowest BCUT2D eigenvalue weighted by atomic mass is 10.1. The standard InChI is InChI=1S/C17H18N4O/c1-11-6-4-9-15(12(11)2)21-17(18)16(19-20-21)13-7-5-8-14(10-13)22-3/h4-10H,18H2,1-3H3. The molecule has 1 aromatic heterocycles. The molecule has 0 unspecified atom stereocenters. The van der Waals surface area contributed by atoms with Crippen LogP contribution in [0.4, 0.5) is 5.82 Å². The Hall–Kier alpha value is -2.82. The van der Waals surface area contributed by atoms with E-state index < -0.39 is 0 Å². The van der Waals surface area contributed by atoms with Crippen molar-refractivity contribution >= 4 is 5.82 Å². The van der Waals surface area contributed by atoms with Crippen molar-refractivity contribution < 1.29 is 4.74 Å². The highest BCUT2D eigenvalue weighted by Gasteiger charge is 2.15. The molecular weight excluding hydrogens is 276 g/mol. The SMILES string of the molecule is COc1cccc(-c2nnn(-c3cccc(C)c3C)c2N)c1. The number of nitrogens with zero attached hydrogens (tertiary/aromatic N) is 3. The third-order valence-corrected chi connectivity index (χ3v) is 3.85. The first-order valence-corrected chi connectivity index (χ1v) is 7.04. The lowest BCUT2D eigenvalue weighted by Crippen LogP contribution is -2.05. The number of hydrogen-bond donors (Lipinski definition) is 1. The number of hydrogen-bond acceptors (Lipinski definition) is 4. The Morgan fingerprint density at radius 1 is 1.09 bits per heavy atom. The van der Waals surface area contributed by atoms with Crippen molar-refractivity contribution in [2.45, 2.75) is 13.8 Å². The molecule has 0 bridgehead atoms. The van der Waals surface area contributed by atoms with Gasteiger partial charge in [-0.1, -0.05) is 29.5 Å². The fourth-order valence-corrected chi connectivity index (χ4v) is 2.41. The van der Waals surface area contributed by atoms with Crippen LogP contribution < -0.4 is 10.5 Å². The molecule has 0 atom stereocenters. The zero-order valence-electron chi connectivity index (χ0n) is 12.9. The second-order valence-electron chi connectivity index (χ2n) is 5.19. The highest BCUT2D eigenvalue weighted by atomic mass is 16.5. The molecule has 5 heteroatoms. The van der Waals surface area contributed by atoms with Gasteiger partial charge in [0.25, 0.3) is 0 Å². The Bertz CT molecular complexity index is 823. The van der Waals surface area contributed by atoms with E-state index in [1.54, 1.807) is 11.8 Å². The molecule has 3 rings (SSSR count). The van der Waals surface area contributed by atoms with Gasteiger partial charge in [0.2, 0.25) is 0 Å². The second-order valence-corrected chi connectivity index (χ2v) is 5.19. The zero-order valence-corrected chi connectivity index (χ0v) is 12.9. The molecule has 0 amide bonds. The fourth-order valence-electron chi connectivity index (χ4n) is 2.41. The van der Waals surface area contributed by atoms with E-state index in [4.69, 9.17) is 10.5 Å². The molecule has 22 heavy (non-hydrogen) atoms. The predicted molar refractivity (Wildman–Crippen MR) is 87.2 cm³/mol. The Morgan fingerprint density at radius 3 is 2.64 bits per heavy atom. The second kappa shape index (κ2) is 5.52. The molecule has 1 heterocycles. The quantitative estimate of drug-likeness (QED) is 0.806. The molecule has 3 aromatic rings. The molecule has 0 aliphatic rings. The Kier molecular flexibility index (Phi) is 3.55. The molecule has 0 saturated carbocycles. The number of ether oxygens (including phenoxy) is 1. The van der Waals surface area contributed by atoms with Gasteiger partial charge in [-0.2, -0.15) is 4.68 Å². The van der Waals surface area contributed by atoms with Crippen LogP contribution in [0.3, 0.4) is 0 Å². The molecule has 2 N–H and O–H groups in total. The molecular formula is C17H18N4O. The summed E-state index contributed by atoms with van der Waals surface area (Å²) in [7, 11) is 1.63. The summed E-state index contributed by atoms with van der Waals surface area (Å²) in [5.74, 6) is 1.28. The number of rotatable bonds is 3. The number of anilines is 1. The van der Waals surface area contributed by atoms with Crippen molar-refractivity contribution in [2.24, 2.45) is 0 Å². The number of methoxy groups -OCH3 is 1. The average molecular weight is 294 g/mol. The van der Waals surface area contributed by atoms with Crippen molar-refractivity contribution in [3.05, 3.63) is 53.6 Å². The molecule has 0 saturated heterocycles. The first-order chi connectivity index (χ1) is 10.6. The van der Waals surface area contributed by atoms with Gasteiger partial charge in [0, 0.05) is 5.56 Å². The van der Waals surface area contributed by atoms with Crippen LogP contribution in [0.25, 0.3) is 16.9 Å². The van der Waals surface area contributed by atoms with E-state index in [-0.39, 0.29) is 0 Å². The van der Waals surface area contributed by atoms with E-state index in [9.17, 15) is 0 Å². The van der Waals surface area contributed by atoms with Crippen LogP contribution in [-0.4, -0.2) is 22.1 Å². The molecule has 0 spiro atoms. The average Bonchev–Trinajstić information content (AvgIpc) is 2.92. The Labute approximate surface area is 129 Å². The first kappa shape index (κ1) is 14.1. The van der Waals surface area contributed by atoms with Crippen LogP contribution in [0.15, 0.2) is 42.5 Å². The maximum absolute atomic E-state index is 6.28. The van der Waals surface area contributed by atoms with Gasteiger partial charge in [-0.05, 0) is 43.2 Å². The van der Waals surface area contributed by atoms with Crippen molar-refractivity contribution in [3.63, 3.8) is 0 Å². The van der Waals surface area contributed by atoms with Gasteiger partial charge >= 0.3 is 0 Å². The summed E-state index contributed by atoms with van der Waals surface area (Å²) < 4.78 is 6.92. The number of aromatic nitrogens is 3. The van der Waals surface area contributed by atoms with Crippen LogP contribution in [-0.2, 0) is 0 Å². The summed E-state index contributed by atoms with van der Waals surface area (Å²) in [5, 5.41) is 8.46. The molecule has 2 aromatic carbocycles. The minimum atomic E-state index is 0.516. The largest absolute Gasteiger partial charge is 0.497 e. The topological polar surface area (TPSA) is 66.0 Å². The molecule has 0 aliphatic heterocycles. The Morgan fingerprint density at radius 2 is 1.86 bits per heavy atom. The fraction of sp³-hybridized carbons (Fsp3) is 0.176. The summed E-state index contributed by atoms with van der Waals surface area (Å²) in [6.45, 7) is 4.12. The van der Waals surface area contributed by atoms with Crippen molar-refractivity contribution in [1.29, 1.82) is 0 Å². The van der Waals surface area contributed by atoms with Gasteiger partial charge < -0.3 is 10.5 Å². The summed E-state index contributed by atoms with van der Waals surface area (Å²) in [5.41, 5.74) is 11.1. The van der Waals surface area contributed by atoms with Crippen LogP contribution >= 0.6 is 0 Å². The lowest BCUT2D eigenvalue weighted by molar-refractivity contribution is 0.415. The molecule has 5 nitrogen and oxygen atoms in total. The van der Waals surface area contributed by atoms with Crippen LogP contribution in [0.2, 0.25) is 0 Å². The van der Waals surface area contributed by atoms with Crippen molar-refractivity contribution in [1.82, 2.24) is 15.0 Å². The Balaban J connectivity index is 2.11. The normalized spacial score (nSPS) is 10.7. The van der Waals surface area contributed by atoms with Gasteiger partial charge in [-0.15, -0.1) is 5.10 Å². The van der Waals surface area contributed by atoms with Crippen molar-refractivity contribution in [2.75, 3.05) is 12.8 Å². The predicted octanol–water partition coefficient (Wildman–Crippen LogP) is 3.14. The number of benzene rings is 2.